The molecule has 0 radical (unpaired) electrons. The van der Waals surface area contributed by atoms with Crippen LogP contribution in [0.4, 0.5) is 13.2 Å². The van der Waals surface area contributed by atoms with Crippen LogP contribution in [0.5, 0.6) is 17.2 Å². The SMILES string of the molecule is C/C=C/COc1cc(C)c(OCCCCOc2ccc(C=NOC)cc2C(F)(F)F)c(C)c1. The summed E-state index contributed by atoms with van der Waals surface area (Å²) in [6.45, 7) is 6.93. The number of halogens is 3. The van der Waals surface area contributed by atoms with Crippen LogP contribution in [0.2, 0.25) is 0 Å². The summed E-state index contributed by atoms with van der Waals surface area (Å²) in [5.41, 5.74) is 1.36. The maximum Gasteiger partial charge on any atom is 0.419 e. The molecule has 0 spiro atoms. The monoisotopic (exact) mass is 465 g/mol. The third-order valence-corrected chi connectivity index (χ3v) is 4.67. The van der Waals surface area contributed by atoms with E-state index in [0.29, 0.717) is 26.1 Å². The van der Waals surface area contributed by atoms with E-state index in [4.69, 9.17) is 14.2 Å². The molecule has 0 aromatic heterocycles. The number of allylic oxidation sites excluding steroid dienone is 1. The summed E-state index contributed by atoms with van der Waals surface area (Å²) in [6, 6.07) is 7.62. The average molecular weight is 466 g/mol. The number of nitrogens with zero attached hydrogens (tertiary/aromatic N) is 1. The fraction of sp³-hybridized carbons (Fsp3) is 0.400. The van der Waals surface area contributed by atoms with Gasteiger partial charge in [0.1, 0.15) is 31.0 Å². The fourth-order valence-electron chi connectivity index (χ4n) is 3.11. The summed E-state index contributed by atoms with van der Waals surface area (Å²) < 4.78 is 57.1. The van der Waals surface area contributed by atoms with Gasteiger partial charge >= 0.3 is 6.18 Å². The molecule has 0 amide bonds. The maximum absolute atomic E-state index is 13.4. The van der Waals surface area contributed by atoms with Gasteiger partial charge in [-0.2, -0.15) is 13.2 Å². The standard InChI is InChI=1S/C25H30F3NO4/c1-5-6-11-31-21-14-18(2)24(19(3)15-21)33-13-8-7-12-32-23-10-9-20(17-29-30-4)16-22(23)25(26,27)28/h5-6,9-10,14-17H,7-8,11-13H2,1-4H3/b6-5+,29-17?. The van der Waals surface area contributed by atoms with Crippen molar-refractivity contribution in [1.82, 2.24) is 0 Å². The Morgan fingerprint density at radius 1 is 0.939 bits per heavy atom. The molecule has 0 unspecified atom stereocenters. The first kappa shape index (κ1) is 26.1. The topological polar surface area (TPSA) is 49.3 Å². The largest absolute Gasteiger partial charge is 0.493 e. The van der Waals surface area contributed by atoms with Gasteiger partial charge in [-0.05, 0) is 80.6 Å². The number of hydrogen-bond donors (Lipinski definition) is 0. The summed E-state index contributed by atoms with van der Waals surface area (Å²) in [5, 5.41) is 3.49. The molecule has 0 atom stereocenters. The Kier molecular flexibility index (Phi) is 10.1. The van der Waals surface area contributed by atoms with Gasteiger partial charge in [0.25, 0.3) is 0 Å². The lowest BCUT2D eigenvalue weighted by atomic mass is 10.1. The first-order valence-electron chi connectivity index (χ1n) is 10.6. The van der Waals surface area contributed by atoms with E-state index >= 15 is 0 Å². The van der Waals surface area contributed by atoms with Crippen molar-refractivity contribution >= 4 is 6.21 Å². The van der Waals surface area contributed by atoms with Crippen LogP contribution in [-0.2, 0) is 11.0 Å². The van der Waals surface area contributed by atoms with E-state index in [9.17, 15) is 13.2 Å². The molecule has 0 bridgehead atoms. The minimum atomic E-state index is -4.53. The lowest BCUT2D eigenvalue weighted by Gasteiger charge is -2.16. The smallest absolute Gasteiger partial charge is 0.419 e. The van der Waals surface area contributed by atoms with Gasteiger partial charge in [-0.1, -0.05) is 17.3 Å². The second-order valence-corrected chi connectivity index (χ2v) is 7.34. The maximum atomic E-state index is 13.4. The van der Waals surface area contributed by atoms with Crippen molar-refractivity contribution in [3.8, 4) is 17.2 Å². The Hall–Kier alpha value is -3.16. The molecule has 0 heterocycles. The lowest BCUT2D eigenvalue weighted by molar-refractivity contribution is -0.139. The summed E-state index contributed by atoms with van der Waals surface area (Å²) >= 11 is 0. The number of aryl methyl sites for hydroxylation is 2. The van der Waals surface area contributed by atoms with Gasteiger partial charge in [0, 0.05) is 0 Å². The molecule has 0 aliphatic heterocycles. The minimum Gasteiger partial charge on any atom is -0.493 e. The zero-order chi connectivity index (χ0) is 24.3. The Morgan fingerprint density at radius 3 is 2.21 bits per heavy atom. The van der Waals surface area contributed by atoms with Crippen molar-refractivity contribution in [2.45, 2.75) is 39.8 Å². The van der Waals surface area contributed by atoms with Gasteiger partial charge in [-0.15, -0.1) is 0 Å². The van der Waals surface area contributed by atoms with Gasteiger partial charge in [-0.25, -0.2) is 0 Å². The zero-order valence-electron chi connectivity index (χ0n) is 19.4. The van der Waals surface area contributed by atoms with Crippen molar-refractivity contribution in [3.05, 3.63) is 64.7 Å². The van der Waals surface area contributed by atoms with Crippen LogP contribution in [0, 0.1) is 13.8 Å². The van der Waals surface area contributed by atoms with Crippen molar-refractivity contribution in [3.63, 3.8) is 0 Å². The number of unbranched alkanes of at least 4 members (excludes halogenated alkanes) is 1. The van der Waals surface area contributed by atoms with Crippen LogP contribution in [-0.4, -0.2) is 33.1 Å². The minimum absolute atomic E-state index is 0.146. The first-order valence-corrected chi connectivity index (χ1v) is 10.6. The van der Waals surface area contributed by atoms with Crippen LogP contribution < -0.4 is 14.2 Å². The third-order valence-electron chi connectivity index (χ3n) is 4.67. The zero-order valence-corrected chi connectivity index (χ0v) is 19.4. The number of benzene rings is 2. The highest BCUT2D eigenvalue weighted by molar-refractivity contribution is 5.80. The molecule has 2 aromatic carbocycles. The van der Waals surface area contributed by atoms with E-state index in [1.807, 2.05) is 45.1 Å². The van der Waals surface area contributed by atoms with E-state index in [0.717, 1.165) is 28.7 Å². The van der Waals surface area contributed by atoms with Crippen molar-refractivity contribution < 1.29 is 32.2 Å². The van der Waals surface area contributed by atoms with Crippen molar-refractivity contribution in [2.24, 2.45) is 5.16 Å². The van der Waals surface area contributed by atoms with E-state index < -0.39 is 11.7 Å². The molecular weight excluding hydrogens is 435 g/mol. The van der Waals surface area contributed by atoms with Crippen LogP contribution >= 0.6 is 0 Å². The van der Waals surface area contributed by atoms with E-state index in [-0.39, 0.29) is 17.9 Å². The predicted molar refractivity (Wildman–Crippen MR) is 122 cm³/mol. The summed E-state index contributed by atoms with van der Waals surface area (Å²) in [6.07, 6.45) is 1.72. The second kappa shape index (κ2) is 12.8. The Bertz CT molecular complexity index is 932. The average Bonchev–Trinajstić information content (AvgIpc) is 2.76. The molecule has 0 saturated carbocycles. The van der Waals surface area contributed by atoms with E-state index in [1.54, 1.807) is 0 Å². The quantitative estimate of drug-likeness (QED) is 0.155. The normalized spacial score (nSPS) is 11.8. The van der Waals surface area contributed by atoms with Crippen LogP contribution in [0.15, 0.2) is 47.6 Å². The molecule has 0 fully saturated rings. The van der Waals surface area contributed by atoms with Crippen LogP contribution in [0.1, 0.15) is 42.0 Å². The van der Waals surface area contributed by atoms with Gasteiger partial charge in [0.15, 0.2) is 0 Å². The predicted octanol–water partition coefficient (Wildman–Crippen LogP) is 6.50. The molecule has 2 rings (SSSR count). The summed E-state index contributed by atoms with van der Waals surface area (Å²) in [4.78, 5) is 4.51. The first-order chi connectivity index (χ1) is 15.8. The molecule has 33 heavy (non-hydrogen) atoms. The van der Waals surface area contributed by atoms with Gasteiger partial charge < -0.3 is 19.0 Å². The van der Waals surface area contributed by atoms with E-state index in [1.165, 1.54) is 25.5 Å². The number of oxime groups is 1. The molecule has 8 heteroatoms. The molecule has 0 saturated heterocycles. The molecular formula is C25H30F3NO4. The summed E-state index contributed by atoms with van der Waals surface area (Å²) in [5.74, 6) is 1.36. The molecule has 0 N–H and O–H groups in total. The van der Waals surface area contributed by atoms with Crippen molar-refractivity contribution in [2.75, 3.05) is 26.9 Å². The highest BCUT2D eigenvalue weighted by Gasteiger charge is 2.34. The third kappa shape index (κ3) is 8.36. The van der Waals surface area contributed by atoms with Gasteiger partial charge in [0.05, 0.1) is 25.0 Å². The summed E-state index contributed by atoms with van der Waals surface area (Å²) in [7, 11) is 1.32. The van der Waals surface area contributed by atoms with E-state index in [2.05, 4.69) is 9.99 Å². The fourth-order valence-corrected chi connectivity index (χ4v) is 3.11. The highest BCUT2D eigenvalue weighted by atomic mass is 19.4. The molecule has 2 aromatic rings. The highest BCUT2D eigenvalue weighted by Crippen LogP contribution is 2.36. The molecule has 5 nitrogen and oxygen atoms in total. The lowest BCUT2D eigenvalue weighted by Crippen LogP contribution is -2.11. The number of ether oxygens (including phenoxy) is 3. The number of hydrogen-bond acceptors (Lipinski definition) is 5. The second-order valence-electron chi connectivity index (χ2n) is 7.34. The van der Waals surface area contributed by atoms with Crippen LogP contribution in [0.3, 0.4) is 0 Å². The van der Waals surface area contributed by atoms with Gasteiger partial charge in [0.2, 0.25) is 0 Å². The molecule has 0 aliphatic rings. The number of rotatable bonds is 12. The molecule has 180 valence electrons. The van der Waals surface area contributed by atoms with Crippen molar-refractivity contribution in [1.29, 1.82) is 0 Å². The Morgan fingerprint density at radius 2 is 1.61 bits per heavy atom. The Labute approximate surface area is 192 Å². The molecule has 0 aliphatic carbocycles. The number of alkyl halides is 3. The van der Waals surface area contributed by atoms with Gasteiger partial charge in [-0.3, -0.25) is 0 Å². The Balaban J connectivity index is 1.86. The van der Waals surface area contributed by atoms with Crippen LogP contribution in [0.25, 0.3) is 0 Å².